The third kappa shape index (κ3) is 3.21. The quantitative estimate of drug-likeness (QED) is 0.609. The molecule has 0 spiro atoms. The molecule has 6 heteroatoms. The predicted octanol–water partition coefficient (Wildman–Crippen LogP) is 3.41. The van der Waals surface area contributed by atoms with Crippen LogP contribution in [0, 0.1) is 23.2 Å². The minimum absolute atomic E-state index is 0.0167. The van der Waals surface area contributed by atoms with Crippen molar-refractivity contribution in [2.24, 2.45) is 0 Å². The van der Waals surface area contributed by atoms with Crippen LogP contribution in [-0.4, -0.2) is 29.1 Å². The van der Waals surface area contributed by atoms with Crippen LogP contribution in [-0.2, 0) is 4.08 Å². The van der Waals surface area contributed by atoms with Gasteiger partial charge in [-0.3, -0.25) is 0 Å². The maximum atomic E-state index is 8.72. The first kappa shape index (κ1) is 16.7. The smallest absolute Gasteiger partial charge is 0.232 e. The van der Waals surface area contributed by atoms with Crippen LogP contribution in [0.2, 0.25) is 0 Å². The van der Waals surface area contributed by atoms with Crippen molar-refractivity contribution in [3.8, 4) is 23.7 Å². The molecule has 0 saturated heterocycles. The molecule has 1 aliphatic rings. The number of benzene rings is 1. The Morgan fingerprint density at radius 2 is 1.83 bits per heavy atom. The van der Waals surface area contributed by atoms with E-state index in [9.17, 15) is 0 Å². The van der Waals surface area contributed by atoms with E-state index in [1.165, 1.54) is 5.56 Å². The number of rotatable bonds is 2. The van der Waals surface area contributed by atoms with Gasteiger partial charge in [0.2, 0.25) is 5.82 Å². The molecule has 0 radical (unpaired) electrons. The fourth-order valence-corrected chi connectivity index (χ4v) is 4.56. The Kier molecular flexibility index (Phi) is 4.99. The molecule has 0 fully saturated rings. The van der Waals surface area contributed by atoms with E-state index >= 15 is 0 Å². The molecule has 2 heterocycles. The number of nitriles is 1. The SMILES string of the molecule is CSC1(SC)CCOc2ccc(C#Cc3cnc(C#N)nc3)cc21. The average Bonchev–Trinajstić information content (AvgIpc) is 2.66. The Morgan fingerprint density at radius 1 is 1.12 bits per heavy atom. The molecule has 1 aromatic heterocycles. The van der Waals surface area contributed by atoms with Gasteiger partial charge < -0.3 is 4.74 Å². The second kappa shape index (κ2) is 7.17. The average molecular weight is 353 g/mol. The minimum atomic E-state index is 0.0167. The van der Waals surface area contributed by atoms with Crippen LogP contribution >= 0.6 is 23.5 Å². The van der Waals surface area contributed by atoms with Crippen molar-refractivity contribution < 1.29 is 4.74 Å². The first-order valence-electron chi connectivity index (χ1n) is 7.32. The molecule has 0 amide bonds. The van der Waals surface area contributed by atoms with E-state index in [0.717, 1.165) is 24.3 Å². The lowest BCUT2D eigenvalue weighted by molar-refractivity contribution is 0.280. The van der Waals surface area contributed by atoms with Gasteiger partial charge in [0.1, 0.15) is 11.8 Å². The van der Waals surface area contributed by atoms with Crippen LogP contribution < -0.4 is 4.74 Å². The van der Waals surface area contributed by atoms with Gasteiger partial charge >= 0.3 is 0 Å². The highest BCUT2D eigenvalue weighted by Crippen LogP contribution is 2.52. The van der Waals surface area contributed by atoms with Crippen LogP contribution in [0.5, 0.6) is 5.75 Å². The van der Waals surface area contributed by atoms with Gasteiger partial charge in [-0.2, -0.15) is 5.26 Å². The number of hydrogen-bond donors (Lipinski definition) is 0. The summed E-state index contributed by atoms with van der Waals surface area (Å²) in [6.45, 7) is 0.738. The molecule has 0 aliphatic carbocycles. The van der Waals surface area contributed by atoms with Crippen molar-refractivity contribution in [3.63, 3.8) is 0 Å². The molecule has 0 N–H and O–H groups in total. The Morgan fingerprint density at radius 3 is 2.50 bits per heavy atom. The minimum Gasteiger partial charge on any atom is -0.493 e. The highest BCUT2D eigenvalue weighted by molar-refractivity contribution is 8.16. The molecule has 0 unspecified atom stereocenters. The lowest BCUT2D eigenvalue weighted by atomic mass is 10.0. The van der Waals surface area contributed by atoms with E-state index < -0.39 is 0 Å². The van der Waals surface area contributed by atoms with Crippen molar-refractivity contribution >= 4 is 23.5 Å². The van der Waals surface area contributed by atoms with Gasteiger partial charge in [-0.05, 0) is 30.7 Å². The summed E-state index contributed by atoms with van der Waals surface area (Å²) in [5.74, 6) is 7.28. The zero-order valence-corrected chi connectivity index (χ0v) is 15.0. The Hall–Kier alpha value is -2.15. The van der Waals surface area contributed by atoms with E-state index in [1.807, 2.05) is 41.7 Å². The first-order chi connectivity index (χ1) is 11.7. The second-order valence-corrected chi connectivity index (χ2v) is 7.60. The van der Waals surface area contributed by atoms with Gasteiger partial charge in [0, 0.05) is 29.9 Å². The van der Waals surface area contributed by atoms with Crippen LogP contribution in [0.3, 0.4) is 0 Å². The Bertz CT molecular complexity index is 843. The fourth-order valence-electron chi connectivity index (χ4n) is 2.56. The maximum Gasteiger partial charge on any atom is 0.232 e. The van der Waals surface area contributed by atoms with Crippen LogP contribution in [0.25, 0.3) is 0 Å². The van der Waals surface area contributed by atoms with Crippen LogP contribution in [0.15, 0.2) is 30.6 Å². The van der Waals surface area contributed by atoms with Crippen molar-refractivity contribution in [2.45, 2.75) is 10.5 Å². The normalized spacial score (nSPS) is 14.5. The highest BCUT2D eigenvalue weighted by Gasteiger charge is 2.36. The van der Waals surface area contributed by atoms with Gasteiger partial charge in [0.25, 0.3) is 0 Å². The lowest BCUT2D eigenvalue weighted by Gasteiger charge is -2.36. The molecular weight excluding hydrogens is 338 g/mol. The van der Waals surface area contributed by atoms with Gasteiger partial charge in [-0.1, -0.05) is 11.8 Å². The molecule has 1 aliphatic heterocycles. The Balaban J connectivity index is 1.94. The number of fused-ring (bicyclic) bond motifs is 1. The second-order valence-electron chi connectivity index (χ2n) is 5.13. The molecule has 4 nitrogen and oxygen atoms in total. The van der Waals surface area contributed by atoms with E-state index in [1.54, 1.807) is 12.4 Å². The van der Waals surface area contributed by atoms with Gasteiger partial charge in [-0.15, -0.1) is 23.5 Å². The number of aromatic nitrogens is 2. The molecule has 24 heavy (non-hydrogen) atoms. The predicted molar refractivity (Wildman–Crippen MR) is 98.0 cm³/mol. The summed E-state index contributed by atoms with van der Waals surface area (Å²) in [5.41, 5.74) is 2.80. The zero-order chi connectivity index (χ0) is 17.0. The van der Waals surface area contributed by atoms with Crippen molar-refractivity contribution in [3.05, 3.63) is 53.1 Å². The van der Waals surface area contributed by atoms with Crippen LogP contribution in [0.4, 0.5) is 0 Å². The zero-order valence-electron chi connectivity index (χ0n) is 13.4. The molecule has 2 aromatic rings. The summed E-state index contributed by atoms with van der Waals surface area (Å²) in [6.07, 6.45) is 8.38. The van der Waals surface area contributed by atoms with Crippen molar-refractivity contribution in [1.29, 1.82) is 5.26 Å². The standard InChI is InChI=1S/C18H15N3OS2/c1-23-18(24-2)7-8-22-16-6-5-13(9-15(16)18)3-4-14-11-20-17(10-19)21-12-14/h5-6,9,11-12H,7-8H2,1-2H3. The monoisotopic (exact) mass is 353 g/mol. The summed E-state index contributed by atoms with van der Waals surface area (Å²) in [4.78, 5) is 7.86. The maximum absolute atomic E-state index is 8.72. The van der Waals surface area contributed by atoms with E-state index in [-0.39, 0.29) is 9.90 Å². The van der Waals surface area contributed by atoms with Crippen molar-refractivity contribution in [2.75, 3.05) is 19.1 Å². The first-order valence-corrected chi connectivity index (χ1v) is 9.77. The fraction of sp³-hybridized carbons (Fsp3) is 0.278. The summed E-state index contributed by atoms with van der Waals surface area (Å²) >= 11 is 3.69. The lowest BCUT2D eigenvalue weighted by Crippen LogP contribution is -2.26. The van der Waals surface area contributed by atoms with Gasteiger partial charge in [0.05, 0.1) is 16.2 Å². The van der Waals surface area contributed by atoms with Crippen molar-refractivity contribution in [1.82, 2.24) is 9.97 Å². The number of hydrogen-bond acceptors (Lipinski definition) is 6. The molecule has 120 valence electrons. The third-order valence-corrected chi connectivity index (χ3v) is 7.01. The Labute approximate surface area is 150 Å². The van der Waals surface area contributed by atoms with E-state index in [0.29, 0.717) is 5.56 Å². The molecule has 1 aromatic carbocycles. The number of nitrogens with zero attached hydrogens (tertiary/aromatic N) is 3. The van der Waals surface area contributed by atoms with E-state index in [2.05, 4.69) is 40.4 Å². The summed E-state index contributed by atoms with van der Waals surface area (Å²) < 4.78 is 5.82. The third-order valence-electron chi connectivity index (χ3n) is 3.84. The molecular formula is C18H15N3OS2. The summed E-state index contributed by atoms with van der Waals surface area (Å²) in [5, 5.41) is 8.72. The number of thioether (sulfide) groups is 2. The number of ether oxygens (including phenoxy) is 1. The topological polar surface area (TPSA) is 58.8 Å². The van der Waals surface area contributed by atoms with E-state index in [4.69, 9.17) is 10.00 Å². The van der Waals surface area contributed by atoms with Gasteiger partial charge in [0.15, 0.2) is 0 Å². The van der Waals surface area contributed by atoms with Gasteiger partial charge in [-0.25, -0.2) is 9.97 Å². The molecule has 0 saturated carbocycles. The van der Waals surface area contributed by atoms with Crippen LogP contribution in [0.1, 0.15) is 28.9 Å². The molecule has 0 bridgehead atoms. The molecule has 0 atom stereocenters. The highest BCUT2D eigenvalue weighted by atomic mass is 32.2. The largest absolute Gasteiger partial charge is 0.493 e. The summed E-state index contributed by atoms with van der Waals surface area (Å²) in [7, 11) is 0. The molecule has 3 rings (SSSR count). The summed E-state index contributed by atoms with van der Waals surface area (Å²) in [6, 6.07) is 7.97.